The van der Waals surface area contributed by atoms with Crippen LogP contribution in [0.3, 0.4) is 0 Å². The molecule has 248 valence electrons. The van der Waals surface area contributed by atoms with Crippen LogP contribution in [0, 0.1) is 0 Å². The van der Waals surface area contributed by atoms with Crippen LogP contribution in [0.25, 0.3) is 98.4 Å². The first-order valence-electron chi connectivity index (χ1n) is 19.2. The molecule has 1 spiro atoms. The smallest absolute Gasteiger partial charge is 0.0215 e. The summed E-state index contributed by atoms with van der Waals surface area (Å²) in [5, 5.41) is 13.3. The van der Waals surface area contributed by atoms with Gasteiger partial charge in [-0.05, 0) is 134 Å². The fourth-order valence-electron chi connectivity index (χ4n) is 10.7. The first-order valence-corrected chi connectivity index (χ1v) is 19.2. The molecule has 12 rings (SSSR count). The Balaban J connectivity index is 1.06. The molecule has 0 atom stereocenters. The Labute approximate surface area is 309 Å². The van der Waals surface area contributed by atoms with Crippen LogP contribution in [-0.4, -0.2) is 0 Å². The van der Waals surface area contributed by atoms with Crippen LogP contribution in [0.2, 0.25) is 0 Å². The normalized spacial score (nSPS) is 14.6. The van der Waals surface area contributed by atoms with Crippen molar-refractivity contribution in [3.63, 3.8) is 0 Å². The van der Waals surface area contributed by atoms with Gasteiger partial charge in [0.2, 0.25) is 0 Å². The lowest BCUT2D eigenvalue weighted by molar-refractivity contribution is 0.550. The highest BCUT2D eigenvalue weighted by Crippen LogP contribution is 2.59. The second kappa shape index (κ2) is 10.9. The molecular formula is C53H36. The molecule has 10 aromatic carbocycles. The SMILES string of the molecule is c1ccc(-c2c3ccccc3c(-c3ccc4c(c3)C3(CCCC3)c3cc(-c5ccc6ccc7cccc8ccc5c6c78)ccc3-4)c3ccccc23)cc1. The van der Waals surface area contributed by atoms with Gasteiger partial charge in [0, 0.05) is 5.41 Å². The van der Waals surface area contributed by atoms with Crippen molar-refractivity contribution in [3.8, 4) is 44.5 Å². The first-order chi connectivity index (χ1) is 26.3. The van der Waals surface area contributed by atoms with Crippen LogP contribution in [0.15, 0.2) is 170 Å². The van der Waals surface area contributed by atoms with E-state index in [0.29, 0.717) is 0 Å². The summed E-state index contributed by atoms with van der Waals surface area (Å²) in [6.07, 6.45) is 4.94. The van der Waals surface area contributed by atoms with E-state index in [0.717, 1.165) is 0 Å². The molecule has 0 saturated heterocycles. The molecule has 10 aromatic rings. The minimum Gasteiger partial charge on any atom is -0.0622 e. The van der Waals surface area contributed by atoms with E-state index in [1.54, 1.807) is 0 Å². The maximum Gasteiger partial charge on any atom is 0.0215 e. The monoisotopic (exact) mass is 672 g/mol. The van der Waals surface area contributed by atoms with Gasteiger partial charge in [0.25, 0.3) is 0 Å². The quantitative estimate of drug-likeness (QED) is 0.129. The Morgan fingerprint density at radius 1 is 0.321 bits per heavy atom. The average molecular weight is 673 g/mol. The molecule has 1 fully saturated rings. The molecule has 2 aliphatic carbocycles. The average Bonchev–Trinajstić information content (AvgIpc) is 3.82. The number of fused-ring (bicyclic) bond motifs is 7. The summed E-state index contributed by atoms with van der Waals surface area (Å²) < 4.78 is 0. The molecule has 0 aromatic heterocycles. The van der Waals surface area contributed by atoms with Crippen molar-refractivity contribution in [2.45, 2.75) is 31.1 Å². The number of benzene rings is 10. The van der Waals surface area contributed by atoms with Crippen LogP contribution in [0.1, 0.15) is 36.8 Å². The number of hydrogen-bond donors (Lipinski definition) is 0. The molecule has 0 unspecified atom stereocenters. The van der Waals surface area contributed by atoms with Gasteiger partial charge in [-0.3, -0.25) is 0 Å². The fraction of sp³-hybridized carbons (Fsp3) is 0.0943. The van der Waals surface area contributed by atoms with E-state index >= 15 is 0 Å². The summed E-state index contributed by atoms with van der Waals surface area (Å²) in [6.45, 7) is 0. The lowest BCUT2D eigenvalue weighted by atomic mass is 9.75. The van der Waals surface area contributed by atoms with Crippen molar-refractivity contribution in [3.05, 3.63) is 181 Å². The first kappa shape index (κ1) is 29.3. The molecule has 0 aliphatic heterocycles. The maximum atomic E-state index is 2.59. The summed E-state index contributed by atoms with van der Waals surface area (Å²) >= 11 is 0. The lowest BCUT2D eigenvalue weighted by Crippen LogP contribution is -2.20. The van der Waals surface area contributed by atoms with Gasteiger partial charge in [-0.15, -0.1) is 0 Å². The van der Waals surface area contributed by atoms with Gasteiger partial charge in [0.05, 0.1) is 0 Å². The van der Waals surface area contributed by atoms with Crippen molar-refractivity contribution < 1.29 is 0 Å². The van der Waals surface area contributed by atoms with E-state index in [-0.39, 0.29) is 5.41 Å². The van der Waals surface area contributed by atoms with Crippen molar-refractivity contribution in [1.82, 2.24) is 0 Å². The van der Waals surface area contributed by atoms with Crippen molar-refractivity contribution >= 4 is 53.9 Å². The molecule has 53 heavy (non-hydrogen) atoms. The second-order valence-corrected chi connectivity index (χ2v) is 15.5. The summed E-state index contributed by atoms with van der Waals surface area (Å²) in [4.78, 5) is 0. The Morgan fingerprint density at radius 2 is 0.811 bits per heavy atom. The zero-order valence-corrected chi connectivity index (χ0v) is 29.5. The predicted octanol–water partition coefficient (Wildman–Crippen LogP) is 14.7. The summed E-state index contributed by atoms with van der Waals surface area (Å²) in [6, 6.07) is 64.5. The molecule has 0 N–H and O–H groups in total. The van der Waals surface area contributed by atoms with Gasteiger partial charge < -0.3 is 0 Å². The minimum atomic E-state index is 0.0378. The van der Waals surface area contributed by atoms with Gasteiger partial charge in [-0.2, -0.15) is 0 Å². The van der Waals surface area contributed by atoms with Crippen LogP contribution in [-0.2, 0) is 5.41 Å². The molecular weight excluding hydrogens is 637 g/mol. The Hall–Kier alpha value is -6.24. The van der Waals surface area contributed by atoms with Gasteiger partial charge in [0.15, 0.2) is 0 Å². The van der Waals surface area contributed by atoms with E-state index in [1.807, 2.05) is 0 Å². The molecule has 0 nitrogen and oxygen atoms in total. The molecule has 0 radical (unpaired) electrons. The summed E-state index contributed by atoms with van der Waals surface area (Å²) in [5.74, 6) is 0. The molecule has 0 bridgehead atoms. The van der Waals surface area contributed by atoms with E-state index < -0.39 is 0 Å². The predicted molar refractivity (Wildman–Crippen MR) is 226 cm³/mol. The van der Waals surface area contributed by atoms with Crippen LogP contribution in [0.4, 0.5) is 0 Å². The zero-order valence-electron chi connectivity index (χ0n) is 29.5. The van der Waals surface area contributed by atoms with Crippen LogP contribution >= 0.6 is 0 Å². The Bertz CT molecular complexity index is 3030. The van der Waals surface area contributed by atoms with E-state index in [9.17, 15) is 0 Å². The topological polar surface area (TPSA) is 0 Å². The van der Waals surface area contributed by atoms with Crippen LogP contribution in [0.5, 0.6) is 0 Å². The van der Waals surface area contributed by atoms with Crippen molar-refractivity contribution in [2.75, 3.05) is 0 Å². The van der Waals surface area contributed by atoms with Gasteiger partial charge in [-0.25, -0.2) is 0 Å². The maximum absolute atomic E-state index is 2.59. The summed E-state index contributed by atoms with van der Waals surface area (Å²) in [7, 11) is 0. The molecule has 0 heteroatoms. The highest BCUT2D eigenvalue weighted by molar-refractivity contribution is 6.25. The second-order valence-electron chi connectivity index (χ2n) is 15.5. The van der Waals surface area contributed by atoms with E-state index in [1.165, 1.54) is 135 Å². The number of rotatable bonds is 3. The Kier molecular flexibility index (Phi) is 6.03. The van der Waals surface area contributed by atoms with Gasteiger partial charge >= 0.3 is 0 Å². The van der Waals surface area contributed by atoms with Gasteiger partial charge in [0.1, 0.15) is 0 Å². The van der Waals surface area contributed by atoms with Gasteiger partial charge in [-0.1, -0.05) is 171 Å². The number of hydrogen-bond acceptors (Lipinski definition) is 0. The lowest BCUT2D eigenvalue weighted by Gasteiger charge is -2.28. The highest BCUT2D eigenvalue weighted by Gasteiger charge is 2.45. The molecule has 1 saturated carbocycles. The van der Waals surface area contributed by atoms with Crippen molar-refractivity contribution in [1.29, 1.82) is 0 Å². The van der Waals surface area contributed by atoms with E-state index in [4.69, 9.17) is 0 Å². The fourth-order valence-corrected chi connectivity index (χ4v) is 10.7. The summed E-state index contributed by atoms with van der Waals surface area (Å²) in [5.41, 5.74) is 13.8. The minimum absolute atomic E-state index is 0.0378. The third-order valence-electron chi connectivity index (χ3n) is 12.9. The third kappa shape index (κ3) is 4.01. The van der Waals surface area contributed by atoms with E-state index in [2.05, 4.69) is 170 Å². The standard InChI is InChI=1S/C53H36/c1-2-11-33(12-3-1)50-42-15-4-6-17-44(42)51(45-18-7-5-16-43(45)50)38-24-27-41-40-26-23-37(31-47(40)53(48(41)32-38)29-8-9-30-53)39-25-21-36-20-19-34-13-10-14-35-22-28-46(39)52(36)49(34)35/h1-7,10-28,31-32H,8-9,29-30H2. The molecule has 0 heterocycles. The third-order valence-corrected chi connectivity index (χ3v) is 12.9. The Morgan fingerprint density at radius 3 is 1.45 bits per heavy atom. The zero-order chi connectivity index (χ0) is 34.7. The largest absolute Gasteiger partial charge is 0.0622 e. The highest BCUT2D eigenvalue weighted by atomic mass is 14.5. The molecule has 2 aliphatic rings. The molecule has 0 amide bonds. The van der Waals surface area contributed by atoms with Crippen molar-refractivity contribution in [2.24, 2.45) is 0 Å². The van der Waals surface area contributed by atoms with Crippen LogP contribution < -0.4 is 0 Å².